The highest BCUT2D eigenvalue weighted by Crippen LogP contribution is 2.42. The molecule has 0 radical (unpaired) electrons. The van der Waals surface area contributed by atoms with E-state index >= 15 is 0 Å². The molecule has 2 aromatic heterocycles. The van der Waals surface area contributed by atoms with Gasteiger partial charge in [0.15, 0.2) is 0 Å². The molecule has 0 bridgehead atoms. The first kappa shape index (κ1) is 46.6. The summed E-state index contributed by atoms with van der Waals surface area (Å²) in [6.45, 7) is 0. The highest BCUT2D eigenvalue weighted by atomic mass is 16.4. The van der Waals surface area contributed by atoms with Gasteiger partial charge in [0.05, 0.1) is 11.0 Å². The van der Waals surface area contributed by atoms with Gasteiger partial charge in [-0.2, -0.15) is 0 Å². The lowest BCUT2D eigenvalue weighted by molar-refractivity contribution is 0.584. The van der Waals surface area contributed by atoms with Crippen molar-refractivity contribution in [2.45, 2.75) is 0 Å². The molecule has 4 nitrogen and oxygen atoms in total. The van der Waals surface area contributed by atoms with Gasteiger partial charge in [-0.3, -0.25) is 0 Å². The Hall–Kier alpha value is -10.7. The maximum Gasteiger partial charge on any atom is 0.248 e. The van der Waals surface area contributed by atoms with Crippen molar-refractivity contribution in [2.75, 3.05) is 0 Å². The third-order valence-electron chi connectivity index (χ3n) is 15.9. The molecule has 0 aliphatic carbocycles. The molecule has 0 saturated carbocycles. The van der Waals surface area contributed by atoms with Gasteiger partial charge < -0.3 is 8.98 Å². The molecular formula is C76H49N3O. The smallest absolute Gasteiger partial charge is 0.248 e. The maximum absolute atomic E-state index is 6.10. The van der Waals surface area contributed by atoms with Gasteiger partial charge in [-0.25, -0.2) is 0 Å². The summed E-state index contributed by atoms with van der Waals surface area (Å²) in [7, 11) is 0. The van der Waals surface area contributed by atoms with Crippen molar-refractivity contribution in [2.24, 2.45) is 0 Å². The molecule has 374 valence electrons. The Kier molecular flexibility index (Phi) is 11.5. The molecule has 0 spiro atoms. The van der Waals surface area contributed by atoms with E-state index in [1.54, 1.807) is 0 Å². The molecule has 80 heavy (non-hydrogen) atoms. The van der Waals surface area contributed by atoms with Gasteiger partial charge >= 0.3 is 0 Å². The summed E-state index contributed by atoms with van der Waals surface area (Å²) in [6.07, 6.45) is 0. The number of hydrogen-bond acceptors (Lipinski definition) is 3. The van der Waals surface area contributed by atoms with Crippen LogP contribution in [0.4, 0.5) is 0 Å². The fourth-order valence-corrected chi connectivity index (χ4v) is 11.9. The summed E-state index contributed by atoms with van der Waals surface area (Å²) in [5, 5.41) is 16.1. The Morgan fingerprint density at radius 1 is 0.225 bits per heavy atom. The zero-order valence-electron chi connectivity index (χ0n) is 43.5. The van der Waals surface area contributed by atoms with E-state index in [1.807, 2.05) is 30.3 Å². The minimum absolute atomic E-state index is 0.492. The second kappa shape index (κ2) is 19.7. The van der Waals surface area contributed by atoms with Crippen LogP contribution in [-0.4, -0.2) is 14.8 Å². The van der Waals surface area contributed by atoms with E-state index in [1.165, 1.54) is 76.8 Å². The Bertz CT molecular complexity index is 4590. The van der Waals surface area contributed by atoms with E-state index < -0.39 is 0 Å². The van der Waals surface area contributed by atoms with Crippen LogP contribution in [0.5, 0.6) is 0 Å². The third-order valence-corrected chi connectivity index (χ3v) is 15.9. The normalized spacial score (nSPS) is 11.5. The van der Waals surface area contributed by atoms with Crippen molar-refractivity contribution < 1.29 is 4.42 Å². The number of aromatic nitrogens is 3. The quantitative estimate of drug-likeness (QED) is 0.137. The Morgan fingerprint density at radius 2 is 0.562 bits per heavy atom. The number of fused-ring (bicyclic) bond motifs is 5. The van der Waals surface area contributed by atoms with E-state index in [0.29, 0.717) is 11.8 Å². The molecule has 15 rings (SSSR count). The van der Waals surface area contributed by atoms with Gasteiger partial charge in [-0.05, 0) is 160 Å². The first-order chi connectivity index (χ1) is 39.6. The highest BCUT2D eigenvalue weighted by molar-refractivity contribution is 6.12. The average molecular weight is 1020 g/mol. The number of nitrogens with zero attached hydrogens (tertiary/aromatic N) is 3. The molecule has 0 fully saturated rings. The monoisotopic (exact) mass is 1020 g/mol. The molecule has 2 heterocycles. The summed E-state index contributed by atoms with van der Waals surface area (Å²) in [5.74, 6) is 0.996. The minimum Gasteiger partial charge on any atom is -0.416 e. The van der Waals surface area contributed by atoms with Gasteiger partial charge in [0, 0.05) is 27.6 Å². The van der Waals surface area contributed by atoms with Crippen LogP contribution in [0.2, 0.25) is 0 Å². The van der Waals surface area contributed by atoms with Crippen LogP contribution in [0.3, 0.4) is 0 Å². The molecular weight excluding hydrogens is 971 g/mol. The Morgan fingerprint density at radius 3 is 1.05 bits per heavy atom. The molecule has 15 aromatic rings. The lowest BCUT2D eigenvalue weighted by Crippen LogP contribution is -1.94. The largest absolute Gasteiger partial charge is 0.416 e. The van der Waals surface area contributed by atoms with Gasteiger partial charge in [0.25, 0.3) is 0 Å². The van der Waals surface area contributed by atoms with Crippen LogP contribution in [-0.2, 0) is 0 Å². The average Bonchev–Trinajstić information content (AvgIpc) is 4.20. The molecule has 4 heteroatoms. The zero-order chi connectivity index (χ0) is 52.9. The van der Waals surface area contributed by atoms with E-state index in [2.05, 4.69) is 282 Å². The van der Waals surface area contributed by atoms with Gasteiger partial charge in [-0.15, -0.1) is 10.2 Å². The van der Waals surface area contributed by atoms with Crippen LogP contribution in [0.25, 0.3) is 150 Å². The molecule has 13 aromatic carbocycles. The molecule has 0 unspecified atom stereocenters. The predicted molar refractivity (Wildman–Crippen MR) is 333 cm³/mol. The molecule has 0 atom stereocenters. The first-order valence-corrected chi connectivity index (χ1v) is 27.2. The summed E-state index contributed by atoms with van der Waals surface area (Å²) in [6, 6.07) is 107. The molecule has 0 aliphatic heterocycles. The fourth-order valence-electron chi connectivity index (χ4n) is 11.9. The minimum atomic E-state index is 0.492. The SMILES string of the molecule is c1ccc(-c2nnc(-c3ccc(-c4ccccc4-c4ccccc4-c4ccc(-n5c6ccc(-c7ccc(-c8cccc9ccccc89)cc7)cc6c6cc(-c7ccc(-c8cccc9ccccc89)cc7)ccc65)cc4)cc3)o2)cc1. The van der Waals surface area contributed by atoms with Crippen LogP contribution >= 0.6 is 0 Å². The van der Waals surface area contributed by atoms with Crippen molar-refractivity contribution in [3.05, 3.63) is 297 Å². The van der Waals surface area contributed by atoms with E-state index in [4.69, 9.17) is 4.42 Å². The second-order valence-electron chi connectivity index (χ2n) is 20.5. The fraction of sp³-hybridized carbons (Fsp3) is 0. The highest BCUT2D eigenvalue weighted by Gasteiger charge is 2.18. The lowest BCUT2D eigenvalue weighted by atomic mass is 9.89. The summed E-state index contributed by atoms with van der Waals surface area (Å²) in [4.78, 5) is 0. The molecule has 0 aliphatic rings. The summed E-state index contributed by atoms with van der Waals surface area (Å²) < 4.78 is 8.53. The van der Waals surface area contributed by atoms with Crippen molar-refractivity contribution in [1.82, 2.24) is 14.8 Å². The van der Waals surface area contributed by atoms with Crippen LogP contribution in [0.15, 0.2) is 302 Å². The van der Waals surface area contributed by atoms with Crippen LogP contribution < -0.4 is 0 Å². The third kappa shape index (κ3) is 8.35. The summed E-state index contributed by atoms with van der Waals surface area (Å²) >= 11 is 0. The standard InChI is InChI=1S/C76H49N3O/c1-2-16-58(17-3-1)75-77-78-76(80-75)59-38-36-56(37-39-59)67-22-8-10-24-69(67)70-25-11-9-23-68(70)57-40-44-62(45-41-57)79-73-46-42-60(50-28-32-54(33-29-50)65-26-12-18-52-14-4-6-20-63(52)65)48-71(73)72-49-61(43-47-74(72)79)51-30-34-55(35-31-51)66-27-13-19-53-15-5-7-21-64(53)66/h1-49H. The Balaban J connectivity index is 0.789. The van der Waals surface area contributed by atoms with E-state index in [9.17, 15) is 0 Å². The van der Waals surface area contributed by atoms with Crippen LogP contribution in [0.1, 0.15) is 0 Å². The van der Waals surface area contributed by atoms with Crippen molar-refractivity contribution in [1.29, 1.82) is 0 Å². The molecule has 0 N–H and O–H groups in total. The van der Waals surface area contributed by atoms with E-state index in [-0.39, 0.29) is 0 Å². The second-order valence-corrected chi connectivity index (χ2v) is 20.5. The van der Waals surface area contributed by atoms with Crippen LogP contribution in [0, 0.1) is 0 Å². The Labute approximate surface area is 463 Å². The predicted octanol–water partition coefficient (Wildman–Crippen LogP) is 20.5. The maximum atomic E-state index is 6.10. The zero-order valence-corrected chi connectivity index (χ0v) is 43.5. The molecule has 0 amide bonds. The first-order valence-electron chi connectivity index (χ1n) is 27.2. The van der Waals surface area contributed by atoms with Crippen molar-refractivity contribution in [3.8, 4) is 106 Å². The van der Waals surface area contributed by atoms with E-state index in [0.717, 1.165) is 61.2 Å². The van der Waals surface area contributed by atoms with Crippen molar-refractivity contribution in [3.63, 3.8) is 0 Å². The molecule has 0 saturated heterocycles. The van der Waals surface area contributed by atoms with Gasteiger partial charge in [-0.1, -0.05) is 237 Å². The topological polar surface area (TPSA) is 43.9 Å². The van der Waals surface area contributed by atoms with Gasteiger partial charge in [0.1, 0.15) is 0 Å². The number of rotatable bonds is 10. The lowest BCUT2D eigenvalue weighted by Gasteiger charge is -2.16. The number of benzene rings is 13. The summed E-state index contributed by atoms with van der Waals surface area (Å²) in [5.41, 5.74) is 21.7. The number of hydrogen-bond donors (Lipinski definition) is 0. The van der Waals surface area contributed by atoms with Gasteiger partial charge in [0.2, 0.25) is 11.8 Å². The van der Waals surface area contributed by atoms with Crippen molar-refractivity contribution >= 4 is 43.4 Å².